The van der Waals surface area contributed by atoms with Gasteiger partial charge in [-0.25, -0.2) is 0 Å². The van der Waals surface area contributed by atoms with Gasteiger partial charge in [0, 0.05) is 11.4 Å². The quantitative estimate of drug-likeness (QED) is 0.454. The zero-order valence-electron chi connectivity index (χ0n) is 12.4. The van der Waals surface area contributed by atoms with Crippen molar-refractivity contribution in [2.75, 3.05) is 5.32 Å². The molecule has 2 rings (SSSR count). The molecule has 1 aliphatic rings. The Balaban J connectivity index is 1.88. The largest absolute Gasteiger partial charge is 0.369 e. The van der Waals surface area contributed by atoms with Crippen LogP contribution in [-0.2, 0) is 6.42 Å². The van der Waals surface area contributed by atoms with Crippen LogP contribution in [0, 0.1) is 0 Å². The van der Waals surface area contributed by atoms with Gasteiger partial charge in [0.2, 0.25) is 5.11 Å². The number of guanidine groups is 1. The van der Waals surface area contributed by atoms with Crippen LogP contribution in [0.2, 0.25) is 0 Å². The molecule has 1 aliphatic carbocycles. The van der Waals surface area contributed by atoms with Crippen LogP contribution in [0.3, 0.4) is 0 Å². The zero-order chi connectivity index (χ0) is 15.1. The van der Waals surface area contributed by atoms with Crippen molar-refractivity contribution < 1.29 is 0 Å². The molecule has 0 amide bonds. The molecule has 0 atom stereocenters. The molecule has 1 aromatic carbocycles. The first-order valence-electron chi connectivity index (χ1n) is 7.37. The van der Waals surface area contributed by atoms with Gasteiger partial charge in [0.05, 0.1) is 0 Å². The molecule has 5 heteroatoms. The number of benzene rings is 1. The van der Waals surface area contributed by atoms with Gasteiger partial charge in [-0.3, -0.25) is 0 Å². The summed E-state index contributed by atoms with van der Waals surface area (Å²) in [6.07, 6.45) is 7.67. The van der Waals surface area contributed by atoms with Gasteiger partial charge < -0.3 is 16.4 Å². The molecule has 0 heterocycles. The molecule has 0 bridgehead atoms. The number of nitrogens with zero attached hydrogens (tertiary/aromatic N) is 1. The van der Waals surface area contributed by atoms with Crippen molar-refractivity contribution >= 4 is 29.0 Å². The molecule has 1 aromatic rings. The number of nitrogens with one attached hydrogen (secondary N) is 2. The molecule has 4 nitrogen and oxygen atoms in total. The molecule has 0 unspecified atom stereocenters. The van der Waals surface area contributed by atoms with Crippen LogP contribution < -0.4 is 16.4 Å². The average Bonchev–Trinajstić information content (AvgIpc) is 2.93. The first-order valence-corrected chi connectivity index (χ1v) is 7.78. The molecular weight excluding hydrogens is 280 g/mol. The summed E-state index contributed by atoms with van der Waals surface area (Å²) in [5.74, 6) is 0.336. The van der Waals surface area contributed by atoms with Crippen molar-refractivity contribution in [3.8, 4) is 0 Å². The van der Waals surface area contributed by atoms with E-state index in [0.29, 0.717) is 11.1 Å². The number of anilines is 1. The molecule has 0 aliphatic heterocycles. The minimum Gasteiger partial charge on any atom is -0.369 e. The fourth-order valence-corrected chi connectivity index (χ4v) is 2.50. The Morgan fingerprint density at radius 3 is 2.67 bits per heavy atom. The lowest BCUT2D eigenvalue weighted by Gasteiger charge is -2.08. The summed E-state index contributed by atoms with van der Waals surface area (Å²) in [5.41, 5.74) is 9.22. The second kappa shape index (κ2) is 7.78. The Kier molecular flexibility index (Phi) is 5.75. The first-order chi connectivity index (χ1) is 10.2. The van der Waals surface area contributed by atoms with E-state index in [1.54, 1.807) is 0 Å². The third kappa shape index (κ3) is 5.19. The van der Waals surface area contributed by atoms with E-state index in [1.165, 1.54) is 12.0 Å². The van der Waals surface area contributed by atoms with E-state index in [-0.39, 0.29) is 0 Å². The third-order valence-corrected chi connectivity index (χ3v) is 3.49. The molecule has 0 saturated heterocycles. The van der Waals surface area contributed by atoms with E-state index < -0.39 is 0 Å². The lowest BCUT2D eigenvalue weighted by Crippen LogP contribution is -2.32. The normalized spacial score (nSPS) is 14.7. The fourth-order valence-electron chi connectivity index (χ4n) is 2.28. The Morgan fingerprint density at radius 2 is 2.05 bits per heavy atom. The number of rotatable bonds is 4. The summed E-state index contributed by atoms with van der Waals surface area (Å²) in [7, 11) is 0. The molecule has 112 valence electrons. The zero-order valence-corrected chi connectivity index (χ0v) is 13.2. The second-order valence-electron chi connectivity index (χ2n) is 5.12. The van der Waals surface area contributed by atoms with Crippen LogP contribution in [0.4, 0.5) is 5.69 Å². The fraction of sp³-hybridized carbons (Fsp3) is 0.375. The van der Waals surface area contributed by atoms with Crippen molar-refractivity contribution in [1.29, 1.82) is 0 Å². The number of aryl methyl sites for hydroxylation is 1. The van der Waals surface area contributed by atoms with Crippen LogP contribution in [0.15, 0.2) is 41.0 Å². The lowest BCUT2D eigenvalue weighted by molar-refractivity contribution is 0.875. The number of thiocarbonyl (C=S) groups is 1. The second-order valence-corrected chi connectivity index (χ2v) is 5.51. The van der Waals surface area contributed by atoms with Crippen LogP contribution >= 0.6 is 12.2 Å². The van der Waals surface area contributed by atoms with E-state index >= 15 is 0 Å². The van der Waals surface area contributed by atoms with Crippen molar-refractivity contribution in [2.45, 2.75) is 39.0 Å². The van der Waals surface area contributed by atoms with Crippen LogP contribution in [0.5, 0.6) is 0 Å². The van der Waals surface area contributed by atoms with E-state index in [4.69, 9.17) is 18.0 Å². The van der Waals surface area contributed by atoms with Crippen LogP contribution in [0.25, 0.3) is 0 Å². The number of hydrogen-bond acceptors (Lipinski definition) is 1. The standard InChI is InChI=1S/C16H22N4S/c1-2-5-12-8-10-14(11-9-12)19-16(21)20-15(17)18-13-6-3-4-7-13/h6,8-11H,2-5,7H2,1H3,(H4,17,18,19,20,21). The maximum atomic E-state index is 5.84. The first kappa shape index (κ1) is 15.5. The van der Waals surface area contributed by atoms with Gasteiger partial charge in [0.25, 0.3) is 0 Å². The lowest BCUT2D eigenvalue weighted by atomic mass is 10.1. The van der Waals surface area contributed by atoms with Crippen LogP contribution in [0.1, 0.15) is 38.2 Å². The summed E-state index contributed by atoms with van der Waals surface area (Å²) >= 11 is 5.20. The molecular formula is C16H22N4S. The smallest absolute Gasteiger partial charge is 0.200 e. The molecule has 0 radical (unpaired) electrons. The Bertz CT molecular complexity index is 546. The average molecular weight is 302 g/mol. The SMILES string of the molecule is CCCc1ccc(NC(=S)/N=C(\N)NC2=CCCC2)cc1. The van der Waals surface area contributed by atoms with E-state index in [9.17, 15) is 0 Å². The molecule has 0 saturated carbocycles. The highest BCUT2D eigenvalue weighted by Gasteiger charge is 2.05. The Labute approximate surface area is 131 Å². The van der Waals surface area contributed by atoms with Gasteiger partial charge in [0.15, 0.2) is 5.96 Å². The number of nitrogens with two attached hydrogens (primary N) is 1. The van der Waals surface area contributed by atoms with Crippen molar-refractivity contribution in [3.05, 3.63) is 41.6 Å². The van der Waals surface area contributed by atoms with Gasteiger partial charge >= 0.3 is 0 Å². The summed E-state index contributed by atoms with van der Waals surface area (Å²) in [4.78, 5) is 4.16. The van der Waals surface area contributed by atoms with Crippen molar-refractivity contribution in [3.63, 3.8) is 0 Å². The highest BCUT2D eigenvalue weighted by atomic mass is 32.1. The maximum Gasteiger partial charge on any atom is 0.200 e. The Morgan fingerprint density at radius 1 is 1.29 bits per heavy atom. The highest BCUT2D eigenvalue weighted by molar-refractivity contribution is 7.80. The molecule has 21 heavy (non-hydrogen) atoms. The summed E-state index contributed by atoms with van der Waals surface area (Å²) in [6, 6.07) is 8.22. The van der Waals surface area contributed by atoms with Crippen molar-refractivity contribution in [1.82, 2.24) is 5.32 Å². The third-order valence-electron chi connectivity index (χ3n) is 3.30. The van der Waals surface area contributed by atoms with Gasteiger partial charge in [-0.15, -0.1) is 0 Å². The number of allylic oxidation sites excluding steroid dienone is 2. The number of aliphatic imine (C=N–C) groups is 1. The molecule has 0 fully saturated rings. The molecule has 4 N–H and O–H groups in total. The van der Waals surface area contributed by atoms with E-state index in [2.05, 4.69) is 40.8 Å². The van der Waals surface area contributed by atoms with Crippen molar-refractivity contribution in [2.24, 2.45) is 10.7 Å². The maximum absolute atomic E-state index is 5.84. The van der Waals surface area contributed by atoms with Gasteiger partial charge in [0.1, 0.15) is 0 Å². The van der Waals surface area contributed by atoms with E-state index in [1.807, 2.05) is 12.1 Å². The predicted molar refractivity (Wildman–Crippen MR) is 93.3 cm³/mol. The van der Waals surface area contributed by atoms with Gasteiger partial charge in [-0.1, -0.05) is 31.6 Å². The summed E-state index contributed by atoms with van der Waals surface area (Å²) in [5, 5.41) is 6.52. The summed E-state index contributed by atoms with van der Waals surface area (Å²) in [6.45, 7) is 2.17. The minimum absolute atomic E-state index is 0.336. The Hall–Kier alpha value is -1.88. The monoisotopic (exact) mass is 302 g/mol. The molecule has 0 aromatic heterocycles. The number of hydrogen-bond donors (Lipinski definition) is 3. The predicted octanol–water partition coefficient (Wildman–Crippen LogP) is 3.31. The van der Waals surface area contributed by atoms with Crippen LogP contribution in [-0.4, -0.2) is 11.1 Å². The highest BCUT2D eigenvalue weighted by Crippen LogP contribution is 2.14. The topological polar surface area (TPSA) is 62.4 Å². The minimum atomic E-state index is 0.336. The van der Waals surface area contributed by atoms with Gasteiger partial charge in [-0.05, 0) is 55.6 Å². The molecule has 0 spiro atoms. The summed E-state index contributed by atoms with van der Waals surface area (Å²) < 4.78 is 0. The van der Waals surface area contributed by atoms with Gasteiger partial charge in [-0.2, -0.15) is 4.99 Å². The van der Waals surface area contributed by atoms with E-state index in [0.717, 1.165) is 37.1 Å².